The van der Waals surface area contributed by atoms with Crippen LogP contribution in [0.3, 0.4) is 0 Å². The summed E-state index contributed by atoms with van der Waals surface area (Å²) >= 11 is 0. The van der Waals surface area contributed by atoms with Crippen LogP contribution in [0.4, 0.5) is 4.79 Å². The predicted molar refractivity (Wildman–Crippen MR) is 96.4 cm³/mol. The molecular formula is C18H26N5O4+. The Morgan fingerprint density at radius 3 is 2.67 bits per heavy atom. The van der Waals surface area contributed by atoms with Gasteiger partial charge in [0.1, 0.15) is 6.54 Å². The van der Waals surface area contributed by atoms with Gasteiger partial charge in [0.05, 0.1) is 26.2 Å². The number of likely N-dealkylation sites (N-methyl/N-ethyl adjacent to an activating group) is 1. The normalized spacial score (nSPS) is 26.2. The zero-order valence-corrected chi connectivity index (χ0v) is 15.9. The lowest BCUT2D eigenvalue weighted by Gasteiger charge is -2.35. The van der Waals surface area contributed by atoms with Crippen molar-refractivity contribution >= 4 is 29.7 Å². The lowest BCUT2D eigenvalue weighted by molar-refractivity contribution is -0.545. The van der Waals surface area contributed by atoms with Crippen LogP contribution in [0, 0.1) is 0 Å². The highest BCUT2D eigenvalue weighted by Gasteiger charge is 2.55. The Bertz CT molecular complexity index is 740. The van der Waals surface area contributed by atoms with Crippen molar-refractivity contribution in [2.75, 3.05) is 33.8 Å². The first-order valence-electron chi connectivity index (χ1n) is 9.67. The quantitative estimate of drug-likeness (QED) is 0.520. The molecule has 2 fully saturated rings. The first kappa shape index (κ1) is 17.9. The topological polar surface area (TPSA) is 85.5 Å². The monoisotopic (exact) mass is 376 g/mol. The number of esters is 1. The number of methoxy groups -OCH3 is 1. The van der Waals surface area contributed by atoms with Crippen LogP contribution in [0.1, 0.15) is 38.5 Å². The lowest BCUT2D eigenvalue weighted by atomic mass is 9.94. The zero-order chi connectivity index (χ0) is 19.1. The first-order chi connectivity index (χ1) is 13.0. The van der Waals surface area contributed by atoms with Crippen molar-refractivity contribution in [1.29, 1.82) is 0 Å². The van der Waals surface area contributed by atoms with Gasteiger partial charge in [-0.15, -0.1) is 0 Å². The highest BCUT2D eigenvalue weighted by Crippen LogP contribution is 2.28. The number of guanidine groups is 1. The molecule has 0 N–H and O–H groups in total. The molecule has 9 nitrogen and oxygen atoms in total. The molecule has 4 rings (SSSR count). The molecule has 4 aliphatic rings. The number of nitrogens with zero attached hydrogens (tertiary/aromatic N) is 5. The molecule has 3 heterocycles. The van der Waals surface area contributed by atoms with Crippen molar-refractivity contribution in [3.8, 4) is 0 Å². The van der Waals surface area contributed by atoms with E-state index in [9.17, 15) is 14.4 Å². The number of amides is 3. The Hall–Kier alpha value is -2.45. The van der Waals surface area contributed by atoms with Gasteiger partial charge in [0.2, 0.25) is 11.9 Å². The van der Waals surface area contributed by atoms with E-state index in [0.29, 0.717) is 11.9 Å². The zero-order valence-electron chi connectivity index (χ0n) is 15.9. The molecule has 0 bridgehead atoms. The van der Waals surface area contributed by atoms with Crippen LogP contribution in [0.5, 0.6) is 0 Å². The molecule has 9 heteroatoms. The third kappa shape index (κ3) is 2.89. The Morgan fingerprint density at radius 1 is 1.22 bits per heavy atom. The molecule has 0 spiro atoms. The van der Waals surface area contributed by atoms with Crippen molar-refractivity contribution in [3.05, 3.63) is 0 Å². The minimum atomic E-state index is -0.640. The van der Waals surface area contributed by atoms with Gasteiger partial charge in [0.15, 0.2) is 0 Å². The number of imide groups is 1. The van der Waals surface area contributed by atoms with Gasteiger partial charge < -0.3 is 4.74 Å². The molecule has 3 aliphatic heterocycles. The number of amidine groups is 1. The van der Waals surface area contributed by atoms with E-state index in [1.807, 2.05) is 4.58 Å². The molecule has 1 unspecified atom stereocenters. The van der Waals surface area contributed by atoms with E-state index in [1.165, 1.54) is 31.3 Å². The Labute approximate surface area is 158 Å². The maximum atomic E-state index is 13.1. The molecule has 0 aromatic rings. The second-order valence-corrected chi connectivity index (χ2v) is 7.55. The number of carbonyl (C=O) groups excluding carboxylic acids is 3. The summed E-state index contributed by atoms with van der Waals surface area (Å²) in [6.45, 7) is 1.27. The summed E-state index contributed by atoms with van der Waals surface area (Å²) in [5, 5.41) is 0. The molecular weight excluding hydrogens is 350 g/mol. The van der Waals surface area contributed by atoms with Gasteiger partial charge in [-0.2, -0.15) is 0 Å². The number of hydrogen-bond acceptors (Lipinski definition) is 6. The van der Waals surface area contributed by atoms with Crippen molar-refractivity contribution in [1.82, 2.24) is 14.7 Å². The third-order valence-corrected chi connectivity index (χ3v) is 5.97. The van der Waals surface area contributed by atoms with Crippen LogP contribution in [0.25, 0.3) is 0 Å². The van der Waals surface area contributed by atoms with E-state index in [1.54, 1.807) is 7.05 Å². The van der Waals surface area contributed by atoms with Crippen LogP contribution in [0.2, 0.25) is 0 Å². The number of carbonyl (C=O) groups is 3. The molecule has 1 aliphatic carbocycles. The second kappa shape index (κ2) is 6.94. The van der Waals surface area contributed by atoms with Crippen molar-refractivity contribution in [3.63, 3.8) is 0 Å². The number of ether oxygens (including phenoxy) is 1. The molecule has 27 heavy (non-hydrogen) atoms. The minimum absolute atomic E-state index is 0.377. The average molecular weight is 376 g/mol. The Morgan fingerprint density at radius 2 is 1.96 bits per heavy atom. The van der Waals surface area contributed by atoms with Crippen LogP contribution in [-0.2, 0) is 14.3 Å². The fourth-order valence-electron chi connectivity index (χ4n) is 4.55. The number of urea groups is 1. The number of aliphatic imine (C=N–C) groups is 1. The average Bonchev–Trinajstić information content (AvgIpc) is 3.10. The molecule has 1 atom stereocenters. The number of hydrogen-bond donors (Lipinski definition) is 0. The molecule has 3 amide bonds. The van der Waals surface area contributed by atoms with Gasteiger partial charge >= 0.3 is 18.0 Å². The standard InChI is InChI=1S/C18H26N5O4/c1-20-15-14(16(25)23(18(20)26)11-13(24)27-2)22-10-6-9-21(17(22)19-15)12-7-4-3-5-8-12/h12,14H,3-11H2,1-2H3/q+1. The van der Waals surface area contributed by atoms with E-state index >= 15 is 0 Å². The van der Waals surface area contributed by atoms with Gasteiger partial charge in [-0.05, 0) is 12.8 Å². The van der Waals surface area contributed by atoms with Crippen molar-refractivity contribution in [2.24, 2.45) is 4.99 Å². The fraction of sp³-hybridized carbons (Fsp3) is 0.722. The molecule has 0 aromatic heterocycles. The fourth-order valence-corrected chi connectivity index (χ4v) is 4.55. The largest absolute Gasteiger partial charge is 0.468 e. The van der Waals surface area contributed by atoms with E-state index in [4.69, 9.17) is 4.99 Å². The van der Waals surface area contributed by atoms with Crippen molar-refractivity contribution in [2.45, 2.75) is 50.6 Å². The van der Waals surface area contributed by atoms with Crippen LogP contribution < -0.4 is 0 Å². The lowest BCUT2D eigenvalue weighted by Crippen LogP contribution is -2.64. The summed E-state index contributed by atoms with van der Waals surface area (Å²) in [6.07, 6.45) is 6.95. The van der Waals surface area contributed by atoms with E-state index in [2.05, 4.69) is 9.64 Å². The van der Waals surface area contributed by atoms with E-state index < -0.39 is 23.9 Å². The predicted octanol–water partition coefficient (Wildman–Crippen LogP) is 0.241. The van der Waals surface area contributed by atoms with Crippen LogP contribution in [0.15, 0.2) is 4.99 Å². The molecule has 1 saturated carbocycles. The SMILES string of the molecule is COC(=O)CN1C(=O)C2C(=NC3=[N+]2CCCN3C2CCCCC2)N(C)C1=O. The maximum Gasteiger partial charge on any atom is 0.392 e. The highest BCUT2D eigenvalue weighted by molar-refractivity contribution is 6.23. The van der Waals surface area contributed by atoms with E-state index in [-0.39, 0.29) is 6.54 Å². The van der Waals surface area contributed by atoms with Crippen LogP contribution in [-0.4, -0.2) is 94.9 Å². The number of rotatable bonds is 3. The van der Waals surface area contributed by atoms with Gasteiger partial charge in [-0.25, -0.2) is 14.3 Å². The summed E-state index contributed by atoms with van der Waals surface area (Å²) in [7, 11) is 2.85. The molecule has 1 saturated heterocycles. The third-order valence-electron chi connectivity index (χ3n) is 5.97. The summed E-state index contributed by atoms with van der Waals surface area (Å²) in [4.78, 5) is 46.8. The summed E-state index contributed by atoms with van der Waals surface area (Å²) in [6, 6.07) is -0.729. The van der Waals surface area contributed by atoms with Gasteiger partial charge in [-0.1, -0.05) is 24.3 Å². The van der Waals surface area contributed by atoms with E-state index in [0.717, 1.165) is 43.2 Å². The van der Waals surface area contributed by atoms with Gasteiger partial charge in [-0.3, -0.25) is 19.4 Å². The molecule has 0 radical (unpaired) electrons. The Balaban J connectivity index is 1.66. The number of fused-ring (bicyclic) bond motifs is 2. The first-order valence-corrected chi connectivity index (χ1v) is 9.67. The second-order valence-electron chi connectivity index (χ2n) is 7.55. The molecule has 146 valence electrons. The molecule has 0 aromatic carbocycles. The smallest absolute Gasteiger partial charge is 0.392 e. The summed E-state index contributed by atoms with van der Waals surface area (Å²) in [5.41, 5.74) is 0. The minimum Gasteiger partial charge on any atom is -0.468 e. The Kier molecular flexibility index (Phi) is 4.61. The summed E-state index contributed by atoms with van der Waals surface area (Å²) in [5.74, 6) is 0.253. The summed E-state index contributed by atoms with van der Waals surface area (Å²) < 4.78 is 6.64. The van der Waals surface area contributed by atoms with Gasteiger partial charge in [0, 0.05) is 13.5 Å². The maximum absolute atomic E-state index is 13.1. The highest BCUT2D eigenvalue weighted by atomic mass is 16.5. The van der Waals surface area contributed by atoms with Gasteiger partial charge in [0.25, 0.3) is 5.91 Å². The van der Waals surface area contributed by atoms with Crippen LogP contribution >= 0.6 is 0 Å². The van der Waals surface area contributed by atoms with Crippen molar-refractivity contribution < 1.29 is 23.7 Å².